The molecule has 0 bridgehead atoms. The molecule has 0 amide bonds. The van der Waals surface area contributed by atoms with Gasteiger partial charge in [-0.05, 0) is 132 Å². The summed E-state index contributed by atoms with van der Waals surface area (Å²) in [5, 5.41) is 0. The SMILES string of the molecule is CCCCc1cc(C(CC(C)CC(C)(C)C)c2cc(CCCC)cc(C(C)(C)CC)c2C)c(C)c(C(C)(C)CC)c1. The Kier molecular flexibility index (Phi) is 12.8. The van der Waals surface area contributed by atoms with Gasteiger partial charge in [0.15, 0.2) is 0 Å². The lowest BCUT2D eigenvalue weighted by molar-refractivity contribution is 0.290. The van der Waals surface area contributed by atoms with Crippen LogP contribution in [0.2, 0.25) is 0 Å². The van der Waals surface area contributed by atoms with Gasteiger partial charge < -0.3 is 0 Å². The second kappa shape index (κ2) is 14.8. The molecule has 0 N–H and O–H groups in total. The van der Waals surface area contributed by atoms with Crippen LogP contribution in [0, 0.1) is 25.2 Å². The smallest absolute Gasteiger partial charge is 0.00975 e. The highest BCUT2D eigenvalue weighted by atomic mass is 14.4. The Morgan fingerprint density at radius 3 is 1.32 bits per heavy atom. The van der Waals surface area contributed by atoms with E-state index in [-0.39, 0.29) is 10.8 Å². The Morgan fingerprint density at radius 2 is 1.00 bits per heavy atom. The lowest BCUT2D eigenvalue weighted by Gasteiger charge is -2.34. The van der Waals surface area contributed by atoms with Crippen molar-refractivity contribution in [2.45, 2.75) is 178 Å². The topological polar surface area (TPSA) is 0 Å². The van der Waals surface area contributed by atoms with Crippen molar-refractivity contribution in [3.8, 4) is 0 Å². The average Bonchev–Trinajstić information content (AvgIpc) is 2.89. The second-order valence-electron chi connectivity index (χ2n) is 16.1. The van der Waals surface area contributed by atoms with Crippen molar-refractivity contribution in [3.63, 3.8) is 0 Å². The molecule has 2 aromatic carbocycles. The van der Waals surface area contributed by atoms with Gasteiger partial charge in [-0.15, -0.1) is 0 Å². The van der Waals surface area contributed by atoms with E-state index in [2.05, 4.69) is 121 Å². The standard InChI is InChI=1S/C41H68/c1-15-19-21-32-24-34(30(6)37(26-32)40(11,12)17-3)36(23-29(5)28-39(8,9)10)35-25-33(22-20-16-2)27-38(31(35)7)41(13,14)18-4/h24-27,29,36H,15-23,28H2,1-14H3. The molecule has 0 spiro atoms. The van der Waals surface area contributed by atoms with Crippen LogP contribution in [0.4, 0.5) is 0 Å². The Balaban J connectivity index is 2.95. The number of benzene rings is 2. The summed E-state index contributed by atoms with van der Waals surface area (Å²) in [7, 11) is 0. The van der Waals surface area contributed by atoms with Gasteiger partial charge in [0.05, 0.1) is 0 Å². The molecule has 0 saturated carbocycles. The first-order chi connectivity index (χ1) is 19.0. The summed E-state index contributed by atoms with van der Waals surface area (Å²) < 4.78 is 0. The largest absolute Gasteiger partial charge is 0.0654 e. The van der Waals surface area contributed by atoms with Crippen molar-refractivity contribution in [2.24, 2.45) is 11.3 Å². The molecular weight excluding hydrogens is 492 g/mol. The van der Waals surface area contributed by atoms with Gasteiger partial charge in [0.25, 0.3) is 0 Å². The van der Waals surface area contributed by atoms with Gasteiger partial charge in [-0.3, -0.25) is 0 Å². The summed E-state index contributed by atoms with van der Waals surface area (Å²) in [6, 6.07) is 10.4. The third-order valence-electron chi connectivity index (χ3n) is 10.2. The Morgan fingerprint density at radius 1 is 0.610 bits per heavy atom. The lowest BCUT2D eigenvalue weighted by atomic mass is 9.70. The number of rotatable bonds is 15. The van der Waals surface area contributed by atoms with Crippen LogP contribution in [-0.4, -0.2) is 0 Å². The summed E-state index contributed by atoms with van der Waals surface area (Å²) >= 11 is 0. The van der Waals surface area contributed by atoms with Gasteiger partial charge in [-0.2, -0.15) is 0 Å². The maximum absolute atomic E-state index is 2.64. The fourth-order valence-corrected chi connectivity index (χ4v) is 7.11. The lowest BCUT2D eigenvalue weighted by Crippen LogP contribution is -2.22. The molecule has 0 radical (unpaired) electrons. The predicted octanol–water partition coefficient (Wildman–Crippen LogP) is 13.0. The first-order valence-electron chi connectivity index (χ1n) is 17.3. The van der Waals surface area contributed by atoms with E-state index in [0.717, 1.165) is 12.8 Å². The Bertz CT molecular complexity index is 1030. The minimum atomic E-state index is 0.177. The first-order valence-corrected chi connectivity index (χ1v) is 17.3. The van der Waals surface area contributed by atoms with Crippen molar-refractivity contribution in [3.05, 3.63) is 68.8 Å². The quantitative estimate of drug-likeness (QED) is 0.203. The van der Waals surface area contributed by atoms with Crippen LogP contribution < -0.4 is 0 Å². The van der Waals surface area contributed by atoms with Gasteiger partial charge in [-0.25, -0.2) is 0 Å². The van der Waals surface area contributed by atoms with Gasteiger partial charge in [-0.1, -0.05) is 120 Å². The van der Waals surface area contributed by atoms with Gasteiger partial charge in [0.1, 0.15) is 0 Å². The van der Waals surface area contributed by atoms with E-state index in [1.54, 1.807) is 44.5 Å². The molecule has 0 aliphatic rings. The molecule has 0 heteroatoms. The summed E-state index contributed by atoms with van der Waals surface area (Å²) in [5.74, 6) is 1.08. The van der Waals surface area contributed by atoms with E-state index in [9.17, 15) is 0 Å². The molecule has 0 fully saturated rings. The highest BCUT2D eigenvalue weighted by Crippen LogP contribution is 2.44. The zero-order chi connectivity index (χ0) is 31.2. The van der Waals surface area contributed by atoms with Crippen LogP contribution in [0.25, 0.3) is 0 Å². The molecule has 0 aliphatic carbocycles. The number of hydrogen-bond donors (Lipinski definition) is 0. The van der Waals surface area contributed by atoms with Crippen molar-refractivity contribution in [2.75, 3.05) is 0 Å². The molecule has 0 aliphatic heterocycles. The highest BCUT2D eigenvalue weighted by molar-refractivity contribution is 5.52. The number of unbranched alkanes of at least 4 members (excludes halogenated alkanes) is 2. The molecule has 0 nitrogen and oxygen atoms in total. The normalized spacial score (nSPS) is 13.7. The predicted molar refractivity (Wildman–Crippen MR) is 186 cm³/mol. The second-order valence-corrected chi connectivity index (χ2v) is 16.1. The molecule has 1 atom stereocenters. The zero-order valence-corrected chi connectivity index (χ0v) is 30.0. The van der Waals surface area contributed by atoms with E-state index < -0.39 is 0 Å². The fraction of sp³-hybridized carbons (Fsp3) is 0.707. The van der Waals surface area contributed by atoms with E-state index in [1.807, 2.05) is 0 Å². The molecule has 0 aromatic heterocycles. The zero-order valence-electron chi connectivity index (χ0n) is 30.0. The minimum Gasteiger partial charge on any atom is -0.0654 e. The average molecular weight is 561 g/mol. The van der Waals surface area contributed by atoms with Gasteiger partial charge in [0, 0.05) is 5.92 Å². The molecule has 2 rings (SSSR count). The molecule has 232 valence electrons. The first kappa shape index (κ1) is 35.6. The van der Waals surface area contributed by atoms with Crippen molar-refractivity contribution >= 4 is 0 Å². The molecule has 2 aromatic rings. The summed E-state index contributed by atoms with van der Waals surface area (Å²) in [4.78, 5) is 0. The monoisotopic (exact) mass is 561 g/mol. The van der Waals surface area contributed by atoms with Gasteiger partial charge >= 0.3 is 0 Å². The maximum Gasteiger partial charge on any atom is 0.00975 e. The molecule has 0 heterocycles. The van der Waals surface area contributed by atoms with Crippen LogP contribution in [-0.2, 0) is 23.7 Å². The van der Waals surface area contributed by atoms with Crippen LogP contribution >= 0.6 is 0 Å². The van der Waals surface area contributed by atoms with E-state index in [0.29, 0.717) is 17.3 Å². The fourth-order valence-electron chi connectivity index (χ4n) is 7.11. The number of hydrogen-bond acceptors (Lipinski definition) is 0. The molecule has 1 unspecified atom stereocenters. The molecule has 41 heavy (non-hydrogen) atoms. The highest BCUT2D eigenvalue weighted by Gasteiger charge is 2.31. The third kappa shape index (κ3) is 9.46. The van der Waals surface area contributed by atoms with Crippen molar-refractivity contribution in [1.29, 1.82) is 0 Å². The summed E-state index contributed by atoms with van der Waals surface area (Å²) in [5.41, 5.74) is 13.2. The van der Waals surface area contributed by atoms with Crippen LogP contribution in [0.15, 0.2) is 24.3 Å². The van der Waals surface area contributed by atoms with Crippen LogP contribution in [0.5, 0.6) is 0 Å². The summed E-state index contributed by atoms with van der Waals surface area (Å²) in [6.45, 7) is 33.8. The Labute approximate surface area is 257 Å². The van der Waals surface area contributed by atoms with Crippen LogP contribution in [0.3, 0.4) is 0 Å². The van der Waals surface area contributed by atoms with Crippen molar-refractivity contribution < 1.29 is 0 Å². The van der Waals surface area contributed by atoms with Crippen LogP contribution in [0.1, 0.15) is 185 Å². The molecule has 0 saturated heterocycles. The van der Waals surface area contributed by atoms with Gasteiger partial charge in [0.2, 0.25) is 0 Å². The van der Waals surface area contributed by atoms with Crippen molar-refractivity contribution in [1.82, 2.24) is 0 Å². The maximum atomic E-state index is 2.64. The minimum absolute atomic E-state index is 0.177. The van der Waals surface area contributed by atoms with E-state index in [1.165, 1.54) is 51.4 Å². The van der Waals surface area contributed by atoms with E-state index in [4.69, 9.17) is 0 Å². The summed E-state index contributed by atoms with van der Waals surface area (Å²) in [6.07, 6.45) is 12.2. The van der Waals surface area contributed by atoms with E-state index >= 15 is 0 Å². The molecular formula is C41H68. The number of aryl methyl sites for hydroxylation is 2. The third-order valence-corrected chi connectivity index (χ3v) is 10.2. The Hall–Kier alpha value is -1.56.